The minimum Gasteiger partial charge on any atom is -0.507 e. The van der Waals surface area contributed by atoms with Gasteiger partial charge in [0.15, 0.2) is 0 Å². The molecule has 0 aliphatic carbocycles. The second kappa shape index (κ2) is 23.2. The summed E-state index contributed by atoms with van der Waals surface area (Å²) in [6.45, 7) is 1.97. The highest BCUT2D eigenvalue weighted by atomic mass is 16.3. The minimum absolute atomic E-state index is 0. The number of pyridine rings is 2. The Hall–Kier alpha value is -11.5. The molecular weight excluding hydrogens is 1050 g/mol. The number of aliphatic imine (C=N–C) groups is 1. The van der Waals surface area contributed by atoms with E-state index in [0.717, 1.165) is 92.8 Å². The summed E-state index contributed by atoms with van der Waals surface area (Å²) in [4.78, 5) is 41.8. The highest BCUT2D eigenvalue weighted by Crippen LogP contribution is 2.48. The molecule has 0 aliphatic rings. The fourth-order valence-electron chi connectivity index (χ4n) is 11.3. The van der Waals surface area contributed by atoms with Gasteiger partial charge in [0.25, 0.3) is 11.8 Å². The van der Waals surface area contributed by atoms with Crippen molar-refractivity contribution < 1.29 is 24.9 Å². The van der Waals surface area contributed by atoms with Crippen molar-refractivity contribution in [2.75, 3.05) is 10.6 Å². The number of carbonyl (C=O) groups excluding carboxylic acids is 2. The van der Waals surface area contributed by atoms with E-state index in [1.165, 1.54) is 0 Å². The van der Waals surface area contributed by atoms with E-state index in [-0.39, 0.29) is 36.1 Å². The van der Waals surface area contributed by atoms with Crippen LogP contribution >= 0.6 is 0 Å². The van der Waals surface area contributed by atoms with E-state index in [1.807, 2.05) is 201 Å². The lowest BCUT2D eigenvalue weighted by atomic mass is 9.91. The lowest BCUT2D eigenvalue weighted by molar-refractivity contribution is 0.101. The van der Waals surface area contributed by atoms with Crippen molar-refractivity contribution in [3.05, 3.63) is 278 Å². The number of nitrogens with zero attached hydrogens (tertiary/aromatic N) is 3. The Balaban J connectivity index is 0.000000193. The molecular formula is C75H55N5O5. The van der Waals surface area contributed by atoms with Gasteiger partial charge in [0.2, 0.25) is 0 Å². The fourth-order valence-corrected chi connectivity index (χ4v) is 11.3. The lowest BCUT2D eigenvalue weighted by Gasteiger charge is -2.18. The molecule has 2 heterocycles. The largest absolute Gasteiger partial charge is 0.507 e. The molecule has 0 saturated heterocycles. The Kier molecular flexibility index (Phi) is 14.7. The standard InChI is InChI=1S/C47H31N3O4.C27H20N2O.CH4/c51-40-26-22-30-12-3-7-16-34(30)44(40)42-32-14-5-1-10-28(32)20-24-36(42)49-46(53)38-18-9-19-39(48-38)47(54)50-37-25-21-29-11-2-6-15-33(29)43(37)45-35-17-8-4-13-31(35)23-27-41(45)52;1-18-7-6-10-21(29-18)17-28-24-15-13-19-8-2-4-11-22(19)26(24)27-23-12-5-3-9-20(23)14-16-25(27)30;/h1-27,51-52H,(H,49,53)(H,50,54);2-17,30H,1H3;1H4. The lowest BCUT2D eigenvalue weighted by Crippen LogP contribution is -2.19. The van der Waals surface area contributed by atoms with Gasteiger partial charge in [-0.25, -0.2) is 4.98 Å². The first-order chi connectivity index (χ1) is 41.1. The van der Waals surface area contributed by atoms with Gasteiger partial charge < -0.3 is 26.0 Å². The molecule has 0 radical (unpaired) electrons. The number of hydrogen-bond acceptors (Lipinski definition) is 8. The number of benzene rings is 12. The van der Waals surface area contributed by atoms with Crippen LogP contribution in [0.4, 0.5) is 17.1 Å². The van der Waals surface area contributed by atoms with Crippen LogP contribution < -0.4 is 10.6 Å². The molecule has 0 spiro atoms. The van der Waals surface area contributed by atoms with Crippen molar-refractivity contribution in [3.63, 3.8) is 0 Å². The van der Waals surface area contributed by atoms with Crippen LogP contribution in [0.25, 0.3) is 98.0 Å². The number of amides is 2. The first-order valence-electron chi connectivity index (χ1n) is 27.4. The third-order valence-electron chi connectivity index (χ3n) is 15.2. The Morgan fingerprint density at radius 2 is 0.682 bits per heavy atom. The Morgan fingerprint density at radius 1 is 0.353 bits per heavy atom. The average Bonchev–Trinajstić information content (AvgIpc) is 2.03. The molecule has 410 valence electrons. The van der Waals surface area contributed by atoms with E-state index in [4.69, 9.17) is 4.99 Å². The number of anilines is 2. The number of carbonyl (C=O) groups is 2. The van der Waals surface area contributed by atoms with Gasteiger partial charge >= 0.3 is 0 Å². The molecule has 2 amide bonds. The van der Waals surface area contributed by atoms with Crippen LogP contribution in [0.5, 0.6) is 17.2 Å². The van der Waals surface area contributed by atoms with Gasteiger partial charge in [0.05, 0.1) is 17.6 Å². The predicted octanol–water partition coefficient (Wildman–Crippen LogP) is 18.4. The molecule has 0 atom stereocenters. The number of phenols is 3. The monoisotopic (exact) mass is 1110 g/mol. The summed E-state index contributed by atoms with van der Waals surface area (Å²) < 4.78 is 0. The van der Waals surface area contributed by atoms with E-state index in [9.17, 15) is 24.9 Å². The first-order valence-corrected chi connectivity index (χ1v) is 27.4. The molecule has 0 aliphatic heterocycles. The second-order valence-corrected chi connectivity index (χ2v) is 20.4. The van der Waals surface area contributed by atoms with Gasteiger partial charge in [-0.1, -0.05) is 202 Å². The number of rotatable bonds is 9. The molecule has 0 fully saturated rings. The number of aromatic nitrogens is 2. The smallest absolute Gasteiger partial charge is 0.274 e. The summed E-state index contributed by atoms with van der Waals surface area (Å²) >= 11 is 0. The highest BCUT2D eigenvalue weighted by Gasteiger charge is 2.23. The summed E-state index contributed by atoms with van der Waals surface area (Å²) in [5.41, 5.74) is 7.86. The molecule has 0 bridgehead atoms. The first kappa shape index (κ1) is 54.1. The highest BCUT2D eigenvalue weighted by molar-refractivity contribution is 6.18. The number of aromatic hydroxyl groups is 3. The Morgan fingerprint density at radius 3 is 1.08 bits per heavy atom. The molecule has 10 heteroatoms. The Bertz CT molecular complexity index is 4780. The zero-order valence-electron chi connectivity index (χ0n) is 45.3. The Labute approximate surface area is 490 Å². The van der Waals surface area contributed by atoms with Crippen molar-refractivity contribution in [1.29, 1.82) is 0 Å². The molecule has 14 rings (SSSR count). The third-order valence-corrected chi connectivity index (χ3v) is 15.2. The van der Waals surface area contributed by atoms with Crippen LogP contribution in [-0.4, -0.2) is 43.3 Å². The molecule has 10 nitrogen and oxygen atoms in total. The molecule has 12 aromatic carbocycles. The number of aryl methyl sites for hydroxylation is 1. The van der Waals surface area contributed by atoms with Gasteiger partial charge in [-0.3, -0.25) is 19.6 Å². The van der Waals surface area contributed by atoms with Crippen LogP contribution in [0.1, 0.15) is 39.8 Å². The summed E-state index contributed by atoms with van der Waals surface area (Å²) in [6.07, 6.45) is 1.78. The molecule has 0 saturated carbocycles. The van der Waals surface area contributed by atoms with Gasteiger partial charge in [0, 0.05) is 50.4 Å². The minimum atomic E-state index is -0.520. The topological polar surface area (TPSA) is 157 Å². The van der Waals surface area contributed by atoms with Gasteiger partial charge in [-0.15, -0.1) is 0 Å². The summed E-state index contributed by atoms with van der Waals surface area (Å²) in [7, 11) is 0. The summed E-state index contributed by atoms with van der Waals surface area (Å²) in [5, 5.41) is 50.9. The molecule has 0 unspecified atom stereocenters. The average molecular weight is 1110 g/mol. The van der Waals surface area contributed by atoms with E-state index in [1.54, 1.807) is 42.6 Å². The predicted molar refractivity (Wildman–Crippen MR) is 349 cm³/mol. The van der Waals surface area contributed by atoms with Crippen molar-refractivity contribution in [3.8, 4) is 50.6 Å². The van der Waals surface area contributed by atoms with Crippen LogP contribution in [0.3, 0.4) is 0 Å². The molecule has 5 N–H and O–H groups in total. The van der Waals surface area contributed by atoms with Gasteiger partial charge in [-0.2, -0.15) is 0 Å². The van der Waals surface area contributed by atoms with Crippen LogP contribution in [0.2, 0.25) is 0 Å². The van der Waals surface area contributed by atoms with Gasteiger partial charge in [-0.05, 0) is 132 Å². The zero-order chi connectivity index (χ0) is 57.3. The van der Waals surface area contributed by atoms with E-state index in [2.05, 4.69) is 44.9 Å². The fraction of sp³-hybridized carbons (Fsp3) is 0.0267. The SMILES string of the molecule is C.Cc1cccc(C=Nc2ccc3ccccc3c2-c2c(O)ccc3ccccc23)n1.O=C(Nc1ccc2ccccc2c1-c1c(O)ccc2ccccc12)c1cccc(C(=O)Nc2ccc3ccccc3c2-c2c(O)ccc3ccccc23)n1. The van der Waals surface area contributed by atoms with Crippen molar-refractivity contribution in [2.24, 2.45) is 4.99 Å². The number of fused-ring (bicyclic) bond motifs is 6. The number of phenolic OH excluding ortho intramolecular Hbond substituents is 3. The molecule has 14 aromatic rings. The molecule has 85 heavy (non-hydrogen) atoms. The third kappa shape index (κ3) is 10.5. The quantitative estimate of drug-likeness (QED) is 0.0901. The van der Waals surface area contributed by atoms with Crippen LogP contribution in [0.15, 0.2) is 260 Å². The maximum atomic E-state index is 14.0. The van der Waals surface area contributed by atoms with Crippen molar-refractivity contribution >= 4 is 99.7 Å². The van der Waals surface area contributed by atoms with Gasteiger partial charge in [0.1, 0.15) is 28.6 Å². The van der Waals surface area contributed by atoms with E-state index < -0.39 is 11.8 Å². The van der Waals surface area contributed by atoms with Crippen molar-refractivity contribution in [2.45, 2.75) is 14.4 Å². The van der Waals surface area contributed by atoms with Crippen LogP contribution in [-0.2, 0) is 0 Å². The summed E-state index contributed by atoms with van der Waals surface area (Å²) in [5.74, 6) is -0.624. The molecule has 2 aromatic heterocycles. The zero-order valence-corrected chi connectivity index (χ0v) is 45.3. The summed E-state index contributed by atoms with van der Waals surface area (Å²) in [6, 6.07) is 80.4. The second-order valence-electron chi connectivity index (χ2n) is 20.4. The maximum absolute atomic E-state index is 14.0. The van der Waals surface area contributed by atoms with Crippen LogP contribution in [0, 0.1) is 6.92 Å². The normalized spacial score (nSPS) is 11.2. The number of nitrogens with one attached hydrogen (secondary N) is 2. The number of hydrogen-bond donors (Lipinski definition) is 5. The van der Waals surface area contributed by atoms with E-state index >= 15 is 0 Å². The maximum Gasteiger partial charge on any atom is 0.274 e. The van der Waals surface area contributed by atoms with Crippen molar-refractivity contribution in [1.82, 2.24) is 9.97 Å². The van der Waals surface area contributed by atoms with E-state index in [0.29, 0.717) is 33.6 Å².